The molecule has 0 aliphatic carbocycles. The predicted octanol–water partition coefficient (Wildman–Crippen LogP) is 18.5. The van der Waals surface area contributed by atoms with E-state index in [2.05, 4.69) is 264 Å². The van der Waals surface area contributed by atoms with Gasteiger partial charge in [0.1, 0.15) is 11.2 Å². The lowest BCUT2D eigenvalue weighted by Gasteiger charge is -2.28. The van der Waals surface area contributed by atoms with E-state index in [1.807, 2.05) is 12.1 Å². The first kappa shape index (κ1) is 40.1. The minimum atomic E-state index is 0.896. The molecule has 13 rings (SSSR count). The van der Waals surface area contributed by atoms with E-state index in [1.165, 1.54) is 38.5 Å². The zero-order valence-corrected chi connectivity index (χ0v) is 37.7. The molecule has 69 heavy (non-hydrogen) atoms. The average molecular weight is 881 g/mol. The van der Waals surface area contributed by atoms with Crippen LogP contribution in [-0.4, -0.2) is 4.57 Å². The average Bonchev–Trinajstić information content (AvgIpc) is 3.98. The Morgan fingerprint density at radius 1 is 0.290 bits per heavy atom. The number of nitrogens with zero attached hydrogens (tertiary/aromatic N) is 2. The zero-order valence-electron chi connectivity index (χ0n) is 37.7. The van der Waals surface area contributed by atoms with Crippen molar-refractivity contribution >= 4 is 60.8 Å². The van der Waals surface area contributed by atoms with Gasteiger partial charge in [-0.15, -0.1) is 0 Å². The second kappa shape index (κ2) is 16.9. The van der Waals surface area contributed by atoms with E-state index >= 15 is 0 Å². The van der Waals surface area contributed by atoms with Gasteiger partial charge in [0.15, 0.2) is 0 Å². The van der Waals surface area contributed by atoms with E-state index in [9.17, 15) is 0 Å². The van der Waals surface area contributed by atoms with Gasteiger partial charge in [0, 0.05) is 49.6 Å². The molecule has 0 saturated carbocycles. The summed E-state index contributed by atoms with van der Waals surface area (Å²) in [7, 11) is 0. The fourth-order valence-electron chi connectivity index (χ4n) is 10.4. The third-order valence-corrected chi connectivity index (χ3v) is 13.6. The van der Waals surface area contributed by atoms with Gasteiger partial charge < -0.3 is 13.9 Å². The molecule has 0 spiro atoms. The number of anilines is 3. The minimum absolute atomic E-state index is 0.896. The predicted molar refractivity (Wildman–Crippen MR) is 290 cm³/mol. The lowest BCUT2D eigenvalue weighted by atomic mass is 9.95. The van der Waals surface area contributed by atoms with Gasteiger partial charge in [-0.2, -0.15) is 0 Å². The summed E-state index contributed by atoms with van der Waals surface area (Å²) in [6.07, 6.45) is 0. The molecule has 0 aliphatic heterocycles. The minimum Gasteiger partial charge on any atom is -0.455 e. The third-order valence-electron chi connectivity index (χ3n) is 13.6. The van der Waals surface area contributed by atoms with Crippen LogP contribution in [0.25, 0.3) is 105 Å². The number of furan rings is 1. The highest BCUT2D eigenvalue weighted by atomic mass is 16.3. The molecule has 3 nitrogen and oxygen atoms in total. The number of benzene rings is 11. The number of aromatic nitrogens is 1. The highest BCUT2D eigenvalue weighted by molar-refractivity contribution is 6.11. The molecule has 11 aromatic carbocycles. The monoisotopic (exact) mass is 880 g/mol. The number of fused-ring (bicyclic) bond motifs is 6. The Hall–Kier alpha value is -9.18. The van der Waals surface area contributed by atoms with E-state index in [-0.39, 0.29) is 0 Å². The van der Waals surface area contributed by atoms with E-state index in [0.717, 1.165) is 83.6 Å². The maximum absolute atomic E-state index is 6.51. The fourth-order valence-corrected chi connectivity index (χ4v) is 10.4. The Morgan fingerprint density at radius 2 is 0.797 bits per heavy atom. The van der Waals surface area contributed by atoms with E-state index < -0.39 is 0 Å². The second-order valence-corrected chi connectivity index (χ2v) is 17.6. The first-order chi connectivity index (χ1) is 34.2. The number of hydrogen-bond donors (Lipinski definition) is 0. The topological polar surface area (TPSA) is 21.3 Å². The maximum atomic E-state index is 6.51. The Labute approximate surface area is 401 Å². The molecule has 2 heterocycles. The molecular weight excluding hydrogens is 837 g/mol. The highest BCUT2D eigenvalue weighted by Gasteiger charge is 2.21. The Morgan fingerprint density at radius 3 is 1.57 bits per heavy atom. The van der Waals surface area contributed by atoms with Crippen LogP contribution in [0.2, 0.25) is 0 Å². The summed E-state index contributed by atoms with van der Waals surface area (Å²) in [4.78, 5) is 2.41. The summed E-state index contributed by atoms with van der Waals surface area (Å²) in [5, 5.41) is 4.74. The van der Waals surface area contributed by atoms with E-state index in [1.54, 1.807) is 0 Å². The van der Waals surface area contributed by atoms with Crippen molar-refractivity contribution < 1.29 is 4.42 Å². The lowest BCUT2D eigenvalue weighted by molar-refractivity contribution is 0.670. The summed E-state index contributed by atoms with van der Waals surface area (Å²) < 4.78 is 8.93. The van der Waals surface area contributed by atoms with Gasteiger partial charge in [0.25, 0.3) is 0 Å². The van der Waals surface area contributed by atoms with Crippen LogP contribution in [0.1, 0.15) is 0 Å². The van der Waals surface area contributed by atoms with Crippen LogP contribution in [0.3, 0.4) is 0 Å². The molecule has 0 bridgehead atoms. The van der Waals surface area contributed by atoms with Gasteiger partial charge in [0.05, 0.1) is 22.4 Å². The summed E-state index contributed by atoms with van der Waals surface area (Å²) in [5.41, 5.74) is 19.9. The largest absolute Gasteiger partial charge is 0.455 e. The normalized spacial score (nSPS) is 11.5. The molecule has 0 amide bonds. The van der Waals surface area contributed by atoms with Gasteiger partial charge in [-0.05, 0) is 106 Å². The number of rotatable bonds is 9. The van der Waals surface area contributed by atoms with Crippen molar-refractivity contribution in [3.63, 3.8) is 0 Å². The molecule has 3 heteroatoms. The molecule has 324 valence electrons. The van der Waals surface area contributed by atoms with Crippen molar-refractivity contribution in [1.82, 2.24) is 4.57 Å². The molecule has 0 N–H and O–H groups in total. The zero-order chi connectivity index (χ0) is 45.7. The standard InChI is InChI=1S/C66H44N2O/c1-2-18-45(19-3-1)47-20-14-21-48(42-47)49-22-16-25-53(44-49)67(52-40-38-46(39-41-52)56-31-17-32-60-59-30-8-13-37-65(59)69-66(56)60)61-33-9-4-26-54(61)50-23-15-24-51(43-50)55-27-5-10-34-62(55)68-63-35-11-6-28-57(63)58-29-7-12-36-64(58)68/h1-44H. The molecule has 0 unspecified atom stereocenters. The molecule has 13 aromatic rings. The van der Waals surface area contributed by atoms with Gasteiger partial charge in [0.2, 0.25) is 0 Å². The first-order valence-electron chi connectivity index (χ1n) is 23.6. The van der Waals surface area contributed by atoms with E-state index in [0.29, 0.717) is 0 Å². The highest BCUT2D eigenvalue weighted by Crippen LogP contribution is 2.45. The van der Waals surface area contributed by atoms with Crippen LogP contribution in [-0.2, 0) is 0 Å². The third kappa shape index (κ3) is 7.08. The van der Waals surface area contributed by atoms with Crippen molar-refractivity contribution in [3.05, 3.63) is 267 Å². The Bertz CT molecular complexity index is 3970. The van der Waals surface area contributed by atoms with Crippen molar-refractivity contribution in [2.24, 2.45) is 0 Å². The van der Waals surface area contributed by atoms with Gasteiger partial charge in [-0.25, -0.2) is 0 Å². The van der Waals surface area contributed by atoms with E-state index in [4.69, 9.17) is 4.42 Å². The van der Waals surface area contributed by atoms with Crippen molar-refractivity contribution in [2.45, 2.75) is 0 Å². The van der Waals surface area contributed by atoms with Gasteiger partial charge >= 0.3 is 0 Å². The fraction of sp³-hybridized carbons (Fsp3) is 0. The van der Waals surface area contributed by atoms with Crippen LogP contribution in [0.5, 0.6) is 0 Å². The molecule has 0 aliphatic rings. The summed E-state index contributed by atoms with van der Waals surface area (Å²) in [6.45, 7) is 0. The smallest absolute Gasteiger partial charge is 0.143 e. The first-order valence-corrected chi connectivity index (χ1v) is 23.6. The Kier molecular flexibility index (Phi) is 9.84. The second-order valence-electron chi connectivity index (χ2n) is 17.6. The van der Waals surface area contributed by atoms with Gasteiger partial charge in [-0.3, -0.25) is 0 Å². The summed E-state index contributed by atoms with van der Waals surface area (Å²) in [5.74, 6) is 0. The number of para-hydroxylation sites is 6. The van der Waals surface area contributed by atoms with Crippen LogP contribution in [0.15, 0.2) is 271 Å². The van der Waals surface area contributed by atoms with Crippen molar-refractivity contribution in [2.75, 3.05) is 4.90 Å². The molecule has 0 fully saturated rings. The number of hydrogen-bond acceptors (Lipinski definition) is 2. The van der Waals surface area contributed by atoms with Crippen LogP contribution in [0, 0.1) is 0 Å². The molecule has 0 radical (unpaired) electrons. The molecule has 2 aromatic heterocycles. The SMILES string of the molecule is c1ccc(-c2cccc(-c3cccc(N(c4ccc(-c5cccc6c5oc5ccccc56)cc4)c4ccccc4-c4cccc(-c5ccccc5-n5c6ccccc6c6ccccc65)c4)c3)c2)cc1. The Balaban J connectivity index is 0.951. The summed E-state index contributed by atoms with van der Waals surface area (Å²) >= 11 is 0. The van der Waals surface area contributed by atoms with Crippen LogP contribution < -0.4 is 4.90 Å². The lowest BCUT2D eigenvalue weighted by Crippen LogP contribution is -2.11. The van der Waals surface area contributed by atoms with Crippen molar-refractivity contribution in [3.8, 4) is 61.3 Å². The summed E-state index contributed by atoms with van der Waals surface area (Å²) in [6, 6.07) is 96.1. The van der Waals surface area contributed by atoms with Crippen molar-refractivity contribution in [1.29, 1.82) is 0 Å². The molecular formula is C66H44N2O. The molecule has 0 atom stereocenters. The molecule has 0 saturated heterocycles. The van der Waals surface area contributed by atoms with Crippen LogP contribution >= 0.6 is 0 Å². The quantitative estimate of drug-likeness (QED) is 0.144. The maximum Gasteiger partial charge on any atom is 0.143 e. The van der Waals surface area contributed by atoms with Crippen LogP contribution in [0.4, 0.5) is 17.1 Å². The van der Waals surface area contributed by atoms with Gasteiger partial charge in [-0.1, -0.05) is 200 Å².